The van der Waals surface area contributed by atoms with E-state index in [9.17, 15) is 18.7 Å². The molecule has 5 nitrogen and oxygen atoms in total. The molecule has 8 heteroatoms. The molecule has 2 aliphatic rings. The third-order valence-corrected chi connectivity index (χ3v) is 7.07. The SMILES string of the molecule is O=C(c1ccc(-c2cncc(-c3ccnc(C4(F)CCC4)c3)c2)c(Cl)c1)N1CCC(O)C(F)C1. The van der Waals surface area contributed by atoms with E-state index in [0.29, 0.717) is 41.2 Å². The van der Waals surface area contributed by atoms with Crippen molar-refractivity contribution in [1.82, 2.24) is 14.9 Å². The van der Waals surface area contributed by atoms with Crippen LogP contribution >= 0.6 is 11.6 Å². The number of likely N-dealkylation sites (tertiary alicyclic amines) is 1. The Morgan fingerprint density at radius 2 is 1.91 bits per heavy atom. The van der Waals surface area contributed by atoms with Crippen molar-refractivity contribution in [1.29, 1.82) is 0 Å². The second-order valence-corrected chi connectivity index (χ2v) is 9.44. The van der Waals surface area contributed by atoms with Crippen molar-refractivity contribution in [2.24, 2.45) is 0 Å². The number of halogens is 3. The number of hydrogen-bond acceptors (Lipinski definition) is 4. The minimum Gasteiger partial charge on any atom is -0.390 e. The van der Waals surface area contributed by atoms with Crippen LogP contribution < -0.4 is 0 Å². The standard InChI is InChI=1S/C26H24ClF2N3O2/c27-21-11-17(25(34)32-9-5-23(33)22(28)15-32)2-3-20(21)19-10-18(13-30-14-19)16-4-8-31-24(12-16)26(29)6-1-7-26/h2-4,8,10-14,22-23,33H,1,5-7,9,15H2. The number of carbonyl (C=O) groups excluding carboxylic acids is 1. The van der Waals surface area contributed by atoms with Crippen molar-refractivity contribution in [3.05, 3.63) is 71.3 Å². The summed E-state index contributed by atoms with van der Waals surface area (Å²) in [7, 11) is 0. The van der Waals surface area contributed by atoms with Gasteiger partial charge in [0.05, 0.1) is 18.3 Å². The first-order chi connectivity index (χ1) is 16.3. The molecule has 0 radical (unpaired) electrons. The Balaban J connectivity index is 1.39. The first-order valence-corrected chi connectivity index (χ1v) is 11.7. The van der Waals surface area contributed by atoms with Crippen LogP contribution in [0.4, 0.5) is 8.78 Å². The molecular weight excluding hydrogens is 460 g/mol. The van der Waals surface area contributed by atoms with E-state index in [-0.39, 0.29) is 18.9 Å². The summed E-state index contributed by atoms with van der Waals surface area (Å²) in [5, 5.41) is 9.93. The summed E-state index contributed by atoms with van der Waals surface area (Å²) in [6.45, 7) is 0.152. The topological polar surface area (TPSA) is 66.3 Å². The number of rotatable bonds is 4. The zero-order valence-corrected chi connectivity index (χ0v) is 19.2. The molecule has 0 bridgehead atoms. The van der Waals surface area contributed by atoms with Crippen LogP contribution in [-0.2, 0) is 5.67 Å². The molecule has 2 fully saturated rings. The van der Waals surface area contributed by atoms with Gasteiger partial charge in [-0.15, -0.1) is 0 Å². The van der Waals surface area contributed by atoms with Crippen LogP contribution in [0.15, 0.2) is 55.0 Å². The van der Waals surface area contributed by atoms with Crippen LogP contribution in [0.25, 0.3) is 22.3 Å². The second-order valence-electron chi connectivity index (χ2n) is 9.03. The number of nitrogens with zero attached hydrogens (tertiary/aromatic N) is 3. The van der Waals surface area contributed by atoms with Gasteiger partial charge in [0.2, 0.25) is 0 Å². The summed E-state index contributed by atoms with van der Waals surface area (Å²) in [6, 6.07) is 10.5. The Kier molecular flexibility index (Phi) is 6.08. The van der Waals surface area contributed by atoms with Crippen LogP contribution in [0.2, 0.25) is 5.02 Å². The van der Waals surface area contributed by atoms with Crippen LogP contribution in [0.1, 0.15) is 41.7 Å². The molecule has 1 saturated carbocycles. The molecule has 1 aliphatic heterocycles. The monoisotopic (exact) mass is 483 g/mol. The molecule has 3 heterocycles. The molecule has 5 rings (SSSR count). The molecule has 1 N–H and O–H groups in total. The van der Waals surface area contributed by atoms with Gasteiger partial charge in [-0.1, -0.05) is 17.7 Å². The highest BCUT2D eigenvalue weighted by Gasteiger charge is 2.40. The molecule has 34 heavy (non-hydrogen) atoms. The van der Waals surface area contributed by atoms with E-state index in [4.69, 9.17) is 11.6 Å². The fourth-order valence-electron chi connectivity index (χ4n) is 4.49. The number of hydrogen-bond donors (Lipinski definition) is 1. The highest BCUT2D eigenvalue weighted by molar-refractivity contribution is 6.33. The minimum atomic E-state index is -1.45. The molecule has 3 aromatic rings. The summed E-state index contributed by atoms with van der Waals surface area (Å²) >= 11 is 6.54. The maximum Gasteiger partial charge on any atom is 0.254 e. The van der Waals surface area contributed by atoms with Gasteiger partial charge in [0, 0.05) is 52.4 Å². The van der Waals surface area contributed by atoms with Crippen molar-refractivity contribution in [2.75, 3.05) is 13.1 Å². The lowest BCUT2D eigenvalue weighted by atomic mass is 9.79. The van der Waals surface area contributed by atoms with Gasteiger partial charge in [-0.05, 0) is 61.6 Å². The highest BCUT2D eigenvalue weighted by atomic mass is 35.5. The van der Waals surface area contributed by atoms with Crippen molar-refractivity contribution >= 4 is 17.5 Å². The van der Waals surface area contributed by atoms with Gasteiger partial charge < -0.3 is 10.0 Å². The van der Waals surface area contributed by atoms with E-state index in [1.807, 2.05) is 12.1 Å². The van der Waals surface area contributed by atoms with Gasteiger partial charge in [0.1, 0.15) is 6.17 Å². The van der Waals surface area contributed by atoms with Gasteiger partial charge >= 0.3 is 0 Å². The number of amides is 1. The van der Waals surface area contributed by atoms with Crippen LogP contribution in [-0.4, -0.2) is 51.2 Å². The van der Waals surface area contributed by atoms with Gasteiger partial charge in [-0.2, -0.15) is 0 Å². The van der Waals surface area contributed by atoms with Crippen molar-refractivity contribution < 1.29 is 18.7 Å². The number of aliphatic hydroxyl groups excluding tert-OH is 1. The van der Waals surface area contributed by atoms with Crippen LogP contribution in [0.3, 0.4) is 0 Å². The van der Waals surface area contributed by atoms with E-state index in [2.05, 4.69) is 9.97 Å². The average Bonchev–Trinajstić information content (AvgIpc) is 2.84. The molecule has 176 valence electrons. The zero-order valence-electron chi connectivity index (χ0n) is 18.4. The fraction of sp³-hybridized carbons (Fsp3) is 0.346. The Morgan fingerprint density at radius 1 is 1.12 bits per heavy atom. The Labute approximate surface area is 201 Å². The highest BCUT2D eigenvalue weighted by Crippen LogP contribution is 2.44. The molecule has 0 spiro atoms. The Bertz CT molecular complexity index is 1230. The van der Waals surface area contributed by atoms with Crippen molar-refractivity contribution in [3.63, 3.8) is 0 Å². The predicted octanol–water partition coefficient (Wildman–Crippen LogP) is 5.36. The van der Waals surface area contributed by atoms with Gasteiger partial charge in [-0.25, -0.2) is 8.78 Å². The Hall–Kier alpha value is -2.90. The molecule has 1 aliphatic carbocycles. The lowest BCUT2D eigenvalue weighted by Gasteiger charge is -2.33. The van der Waals surface area contributed by atoms with Gasteiger partial charge in [0.15, 0.2) is 5.67 Å². The molecule has 1 saturated heterocycles. The number of alkyl halides is 2. The first kappa shape index (κ1) is 22.9. The van der Waals surface area contributed by atoms with Crippen LogP contribution in [0, 0.1) is 0 Å². The van der Waals surface area contributed by atoms with E-state index in [1.165, 1.54) is 4.90 Å². The molecule has 1 aromatic carbocycles. The Morgan fingerprint density at radius 3 is 2.62 bits per heavy atom. The normalized spacial score (nSPS) is 21.7. The van der Waals surface area contributed by atoms with Crippen LogP contribution in [0.5, 0.6) is 0 Å². The number of pyridine rings is 2. The number of carbonyl (C=O) groups is 1. The molecule has 2 atom stereocenters. The molecule has 2 aromatic heterocycles. The number of benzene rings is 1. The van der Waals surface area contributed by atoms with E-state index in [1.54, 1.807) is 42.9 Å². The second kappa shape index (κ2) is 9.04. The lowest BCUT2D eigenvalue weighted by Crippen LogP contribution is -2.47. The van der Waals surface area contributed by atoms with E-state index in [0.717, 1.165) is 23.1 Å². The smallest absolute Gasteiger partial charge is 0.254 e. The van der Waals surface area contributed by atoms with Gasteiger partial charge in [0.25, 0.3) is 5.91 Å². The maximum absolute atomic E-state index is 14.8. The summed E-state index contributed by atoms with van der Waals surface area (Å²) in [6.07, 6.45) is 4.57. The summed E-state index contributed by atoms with van der Waals surface area (Å²) in [5.74, 6) is -0.324. The summed E-state index contributed by atoms with van der Waals surface area (Å²) < 4.78 is 28.7. The first-order valence-electron chi connectivity index (χ1n) is 11.4. The number of aliphatic hydroxyl groups is 1. The number of piperidine rings is 1. The predicted molar refractivity (Wildman–Crippen MR) is 126 cm³/mol. The minimum absolute atomic E-state index is 0.139. The van der Waals surface area contributed by atoms with Gasteiger partial charge in [-0.3, -0.25) is 14.8 Å². The maximum atomic E-state index is 14.8. The molecule has 2 unspecified atom stereocenters. The van der Waals surface area contributed by atoms with E-state index < -0.39 is 17.9 Å². The average molecular weight is 484 g/mol. The molecular formula is C26H24ClF2N3O2. The molecule has 1 amide bonds. The van der Waals surface area contributed by atoms with E-state index >= 15 is 0 Å². The van der Waals surface area contributed by atoms with Crippen molar-refractivity contribution in [2.45, 2.75) is 43.6 Å². The van der Waals surface area contributed by atoms with Crippen molar-refractivity contribution in [3.8, 4) is 22.3 Å². The fourth-order valence-corrected chi connectivity index (χ4v) is 4.77. The summed E-state index contributed by atoms with van der Waals surface area (Å²) in [5.41, 5.74) is 2.53. The quantitative estimate of drug-likeness (QED) is 0.542. The third-order valence-electron chi connectivity index (χ3n) is 6.76. The number of aromatic nitrogens is 2. The summed E-state index contributed by atoms with van der Waals surface area (Å²) in [4.78, 5) is 22.8. The largest absolute Gasteiger partial charge is 0.390 e. The zero-order chi connectivity index (χ0) is 23.9. The third kappa shape index (κ3) is 4.30. The lowest BCUT2D eigenvalue weighted by molar-refractivity contribution is 0.00826.